The van der Waals surface area contributed by atoms with E-state index in [1.165, 1.54) is 0 Å². The van der Waals surface area contributed by atoms with Gasteiger partial charge < -0.3 is 10.1 Å². The van der Waals surface area contributed by atoms with E-state index in [1.54, 1.807) is 13.1 Å². The number of halogens is 1. The van der Waals surface area contributed by atoms with E-state index in [0.717, 1.165) is 16.5 Å². The molecular weight excluding hydrogens is 186 g/mol. The summed E-state index contributed by atoms with van der Waals surface area (Å²) >= 11 is 6.02. The lowest BCUT2D eigenvalue weighted by Crippen LogP contribution is -1.88. The van der Waals surface area contributed by atoms with Crippen LogP contribution in [-0.2, 0) is 0 Å². The number of aliphatic hydroxyl groups is 1. The lowest BCUT2D eigenvalue weighted by molar-refractivity contribution is 0.201. The van der Waals surface area contributed by atoms with Gasteiger partial charge in [-0.2, -0.15) is 0 Å². The third kappa shape index (κ3) is 1.32. The fourth-order valence-electron chi connectivity index (χ4n) is 1.49. The highest BCUT2D eigenvalue weighted by atomic mass is 35.5. The molecule has 1 heterocycles. The molecule has 2 N–H and O–H groups in total. The molecule has 3 heteroatoms. The lowest BCUT2D eigenvalue weighted by atomic mass is 10.1. The maximum Gasteiger partial charge on any atom is 0.0783 e. The summed E-state index contributed by atoms with van der Waals surface area (Å²) in [4.78, 5) is 3.07. The molecule has 1 atom stereocenters. The van der Waals surface area contributed by atoms with Crippen molar-refractivity contribution in [2.24, 2.45) is 0 Å². The van der Waals surface area contributed by atoms with E-state index >= 15 is 0 Å². The molecule has 13 heavy (non-hydrogen) atoms. The van der Waals surface area contributed by atoms with E-state index < -0.39 is 6.10 Å². The van der Waals surface area contributed by atoms with Crippen LogP contribution in [-0.4, -0.2) is 10.1 Å². The molecule has 0 amide bonds. The number of fused-ring (bicyclic) bond motifs is 1. The predicted molar refractivity (Wildman–Crippen MR) is 53.9 cm³/mol. The number of hydrogen-bond donors (Lipinski definition) is 2. The summed E-state index contributed by atoms with van der Waals surface area (Å²) < 4.78 is 0. The Bertz CT molecular complexity index is 433. The summed E-state index contributed by atoms with van der Waals surface area (Å²) in [6, 6.07) is 5.64. The smallest absolute Gasteiger partial charge is 0.0783 e. The first kappa shape index (κ1) is 8.60. The highest BCUT2D eigenvalue weighted by molar-refractivity contribution is 6.35. The van der Waals surface area contributed by atoms with Crippen molar-refractivity contribution in [1.82, 2.24) is 4.98 Å². The van der Waals surface area contributed by atoms with Crippen molar-refractivity contribution in [2.75, 3.05) is 0 Å². The van der Waals surface area contributed by atoms with Gasteiger partial charge in [0, 0.05) is 22.7 Å². The molecule has 0 saturated carbocycles. The van der Waals surface area contributed by atoms with E-state index in [1.807, 2.05) is 18.2 Å². The first-order valence-electron chi connectivity index (χ1n) is 4.13. The van der Waals surface area contributed by atoms with E-state index in [4.69, 9.17) is 11.6 Å². The Hall–Kier alpha value is -0.990. The van der Waals surface area contributed by atoms with Crippen LogP contribution in [0.1, 0.15) is 18.6 Å². The second-order valence-electron chi connectivity index (χ2n) is 3.08. The number of benzene rings is 1. The Kier molecular flexibility index (Phi) is 2.02. The van der Waals surface area contributed by atoms with Crippen molar-refractivity contribution >= 4 is 22.5 Å². The van der Waals surface area contributed by atoms with Crippen LogP contribution >= 0.6 is 11.6 Å². The molecule has 0 saturated heterocycles. The van der Waals surface area contributed by atoms with Crippen LogP contribution in [0.2, 0.25) is 5.02 Å². The van der Waals surface area contributed by atoms with Crippen molar-refractivity contribution in [3.63, 3.8) is 0 Å². The van der Waals surface area contributed by atoms with Gasteiger partial charge in [-0.3, -0.25) is 0 Å². The molecule has 0 unspecified atom stereocenters. The van der Waals surface area contributed by atoms with Crippen LogP contribution < -0.4 is 0 Å². The molecule has 2 rings (SSSR count). The van der Waals surface area contributed by atoms with Crippen molar-refractivity contribution in [3.05, 3.63) is 35.0 Å². The Morgan fingerprint density at radius 3 is 2.92 bits per heavy atom. The quantitative estimate of drug-likeness (QED) is 0.721. The second-order valence-corrected chi connectivity index (χ2v) is 3.49. The number of hydrogen-bond acceptors (Lipinski definition) is 1. The fourth-order valence-corrected chi connectivity index (χ4v) is 1.78. The molecular formula is C10H10ClNO. The summed E-state index contributed by atoms with van der Waals surface area (Å²) in [6.07, 6.45) is 1.30. The number of H-pyrrole nitrogens is 1. The molecule has 0 aliphatic carbocycles. The number of aromatic amines is 1. The summed E-state index contributed by atoms with van der Waals surface area (Å²) in [5.74, 6) is 0. The summed E-state index contributed by atoms with van der Waals surface area (Å²) in [7, 11) is 0. The van der Waals surface area contributed by atoms with Crippen LogP contribution in [0.15, 0.2) is 24.4 Å². The molecule has 1 aromatic heterocycles. The van der Waals surface area contributed by atoms with E-state index in [2.05, 4.69) is 4.98 Å². The standard InChI is InChI=1S/C10H10ClNO/c1-6(13)7-5-12-9-4-2-3-8(11)10(7)9/h2-6,12-13H,1H3/t6-/m0/s1. The van der Waals surface area contributed by atoms with Gasteiger partial charge in [-0.1, -0.05) is 17.7 Å². The molecule has 0 bridgehead atoms. The van der Waals surface area contributed by atoms with Crippen LogP contribution in [0, 0.1) is 0 Å². The Morgan fingerprint density at radius 1 is 1.46 bits per heavy atom. The largest absolute Gasteiger partial charge is 0.389 e. The van der Waals surface area contributed by atoms with Crippen LogP contribution in [0.5, 0.6) is 0 Å². The summed E-state index contributed by atoms with van der Waals surface area (Å²) in [6.45, 7) is 1.73. The SMILES string of the molecule is C[C@H](O)c1c[nH]c2cccc(Cl)c12. The third-order valence-corrected chi connectivity index (χ3v) is 2.45. The Balaban J connectivity index is 2.79. The third-order valence-electron chi connectivity index (χ3n) is 2.14. The van der Waals surface area contributed by atoms with Crippen molar-refractivity contribution in [3.8, 4) is 0 Å². The predicted octanol–water partition coefficient (Wildman–Crippen LogP) is 2.87. The molecule has 0 aliphatic heterocycles. The first-order valence-corrected chi connectivity index (χ1v) is 4.51. The van der Waals surface area contributed by atoms with E-state index in [-0.39, 0.29) is 0 Å². The van der Waals surface area contributed by atoms with Gasteiger partial charge in [0.1, 0.15) is 0 Å². The zero-order valence-corrected chi connectivity index (χ0v) is 7.97. The topological polar surface area (TPSA) is 36.0 Å². The van der Waals surface area contributed by atoms with E-state index in [9.17, 15) is 5.11 Å². The molecule has 0 spiro atoms. The second kappa shape index (κ2) is 3.05. The highest BCUT2D eigenvalue weighted by Gasteiger charge is 2.10. The van der Waals surface area contributed by atoms with Gasteiger partial charge in [-0.25, -0.2) is 0 Å². The minimum Gasteiger partial charge on any atom is -0.389 e. The molecule has 0 fully saturated rings. The first-order chi connectivity index (χ1) is 6.20. The number of aliphatic hydroxyl groups excluding tert-OH is 1. The number of rotatable bonds is 1. The minimum absolute atomic E-state index is 0.492. The average Bonchev–Trinajstić information content (AvgIpc) is 2.49. The summed E-state index contributed by atoms with van der Waals surface area (Å²) in [5, 5.41) is 11.0. The van der Waals surface area contributed by atoms with Gasteiger partial charge in [0.25, 0.3) is 0 Å². The van der Waals surface area contributed by atoms with Gasteiger partial charge >= 0.3 is 0 Å². The molecule has 2 aromatic rings. The van der Waals surface area contributed by atoms with E-state index in [0.29, 0.717) is 5.02 Å². The van der Waals surface area contributed by atoms with Crippen molar-refractivity contribution in [1.29, 1.82) is 0 Å². The van der Waals surface area contributed by atoms with Crippen molar-refractivity contribution < 1.29 is 5.11 Å². The molecule has 68 valence electrons. The highest BCUT2D eigenvalue weighted by Crippen LogP contribution is 2.29. The summed E-state index contributed by atoms with van der Waals surface area (Å²) in [5.41, 5.74) is 1.81. The maximum absolute atomic E-state index is 9.46. The molecule has 1 aromatic carbocycles. The molecule has 2 nitrogen and oxygen atoms in total. The van der Waals surface area contributed by atoms with Gasteiger partial charge in [-0.05, 0) is 19.1 Å². The van der Waals surface area contributed by atoms with Crippen LogP contribution in [0.3, 0.4) is 0 Å². The van der Waals surface area contributed by atoms with Crippen LogP contribution in [0.25, 0.3) is 10.9 Å². The zero-order valence-electron chi connectivity index (χ0n) is 7.21. The zero-order chi connectivity index (χ0) is 9.42. The average molecular weight is 196 g/mol. The number of aromatic nitrogens is 1. The maximum atomic E-state index is 9.46. The Morgan fingerprint density at radius 2 is 2.23 bits per heavy atom. The van der Waals surface area contributed by atoms with Crippen molar-refractivity contribution in [2.45, 2.75) is 13.0 Å². The van der Waals surface area contributed by atoms with Crippen LogP contribution in [0.4, 0.5) is 0 Å². The number of nitrogens with one attached hydrogen (secondary N) is 1. The monoisotopic (exact) mass is 195 g/mol. The molecule has 0 aliphatic rings. The van der Waals surface area contributed by atoms with Gasteiger partial charge in [0.15, 0.2) is 0 Å². The normalized spacial score (nSPS) is 13.5. The van der Waals surface area contributed by atoms with Gasteiger partial charge in [0.2, 0.25) is 0 Å². The minimum atomic E-state index is -0.492. The van der Waals surface area contributed by atoms with Gasteiger partial charge in [0.05, 0.1) is 11.1 Å². The lowest BCUT2D eigenvalue weighted by Gasteiger charge is -2.02. The fraction of sp³-hybridized carbons (Fsp3) is 0.200. The molecule has 0 radical (unpaired) electrons. The Labute approximate surface area is 81.1 Å². The van der Waals surface area contributed by atoms with Gasteiger partial charge in [-0.15, -0.1) is 0 Å².